The second-order valence-electron chi connectivity index (χ2n) is 7.92. The van der Waals surface area contributed by atoms with Gasteiger partial charge < -0.3 is 5.11 Å². The van der Waals surface area contributed by atoms with Gasteiger partial charge in [-0.15, -0.1) is 0 Å². The van der Waals surface area contributed by atoms with Crippen LogP contribution in [0.15, 0.2) is 66.7 Å². The molecule has 0 unspecified atom stereocenters. The molecule has 1 heteroatoms. The summed E-state index contributed by atoms with van der Waals surface area (Å²) < 4.78 is 0. The largest absolute Gasteiger partial charge is 0.507 e. The molecule has 1 N–H and O–H groups in total. The molecule has 0 saturated heterocycles. The molecule has 0 amide bonds. The summed E-state index contributed by atoms with van der Waals surface area (Å²) in [7, 11) is 0. The van der Waals surface area contributed by atoms with Gasteiger partial charge in [-0.25, -0.2) is 0 Å². The summed E-state index contributed by atoms with van der Waals surface area (Å²) >= 11 is 0. The first-order valence-corrected chi connectivity index (χ1v) is 9.39. The smallest absolute Gasteiger partial charge is 0.123 e. The van der Waals surface area contributed by atoms with Crippen LogP contribution in [0.3, 0.4) is 0 Å². The van der Waals surface area contributed by atoms with Crippen LogP contribution in [0.2, 0.25) is 0 Å². The monoisotopic (exact) mass is 344 g/mol. The first kappa shape index (κ1) is 18.3. The van der Waals surface area contributed by atoms with Crippen LogP contribution in [0.4, 0.5) is 0 Å². The molecular formula is C25H28O. The summed E-state index contributed by atoms with van der Waals surface area (Å²) in [5.74, 6) is 0.456. The number of benzene rings is 3. The van der Waals surface area contributed by atoms with Gasteiger partial charge in [-0.05, 0) is 45.7 Å². The van der Waals surface area contributed by atoms with Crippen LogP contribution < -0.4 is 0 Å². The van der Waals surface area contributed by atoms with Crippen LogP contribution in [0.25, 0.3) is 11.1 Å². The summed E-state index contributed by atoms with van der Waals surface area (Å²) in [4.78, 5) is 0. The molecule has 3 aromatic carbocycles. The molecule has 134 valence electrons. The second kappa shape index (κ2) is 7.37. The molecule has 3 rings (SSSR count). The van der Waals surface area contributed by atoms with Crippen molar-refractivity contribution in [3.05, 3.63) is 89.0 Å². The summed E-state index contributed by atoms with van der Waals surface area (Å²) in [6, 6.07) is 23.1. The first-order valence-electron chi connectivity index (χ1n) is 9.39. The maximum atomic E-state index is 11.2. The van der Waals surface area contributed by atoms with Crippen molar-refractivity contribution in [3.63, 3.8) is 0 Å². The van der Waals surface area contributed by atoms with Gasteiger partial charge in [0.05, 0.1) is 0 Å². The van der Waals surface area contributed by atoms with Crippen LogP contribution >= 0.6 is 0 Å². The third-order valence-electron chi connectivity index (χ3n) is 4.91. The fourth-order valence-electron chi connectivity index (χ4n) is 3.77. The normalized spacial score (nSPS) is 11.5. The third kappa shape index (κ3) is 3.67. The van der Waals surface area contributed by atoms with Crippen LogP contribution in [-0.2, 0) is 18.3 Å². The molecule has 1 nitrogen and oxygen atoms in total. The minimum Gasteiger partial charge on any atom is -0.507 e. The first-order chi connectivity index (χ1) is 12.4. The predicted octanol–water partition coefficient (Wildman–Crippen LogP) is 6.51. The van der Waals surface area contributed by atoms with E-state index in [1.807, 2.05) is 12.1 Å². The average Bonchev–Trinajstić information content (AvgIpc) is 2.63. The maximum Gasteiger partial charge on any atom is 0.123 e. The van der Waals surface area contributed by atoms with Gasteiger partial charge in [-0.2, -0.15) is 0 Å². The Morgan fingerprint density at radius 3 is 1.96 bits per heavy atom. The van der Waals surface area contributed by atoms with E-state index in [1.165, 1.54) is 22.3 Å². The highest BCUT2D eigenvalue weighted by Gasteiger charge is 2.26. The number of aromatic hydroxyl groups is 1. The average molecular weight is 344 g/mol. The van der Waals surface area contributed by atoms with Crippen molar-refractivity contribution in [1.29, 1.82) is 0 Å². The van der Waals surface area contributed by atoms with Crippen molar-refractivity contribution in [1.82, 2.24) is 0 Å². The Labute approximate surface area is 157 Å². The van der Waals surface area contributed by atoms with Crippen molar-refractivity contribution in [2.75, 3.05) is 0 Å². The Hall–Kier alpha value is -2.54. The highest BCUT2D eigenvalue weighted by Crippen LogP contribution is 2.42. The Bertz CT molecular complexity index is 872. The molecule has 0 radical (unpaired) electrons. The lowest BCUT2D eigenvalue weighted by molar-refractivity contribution is 0.439. The zero-order chi connectivity index (χ0) is 18.7. The number of hydrogen-bond donors (Lipinski definition) is 1. The van der Waals surface area contributed by atoms with Gasteiger partial charge in [0.25, 0.3) is 0 Å². The van der Waals surface area contributed by atoms with Gasteiger partial charge in [0.2, 0.25) is 0 Å². The summed E-state index contributed by atoms with van der Waals surface area (Å²) in [5.41, 5.74) is 6.87. The predicted molar refractivity (Wildman–Crippen MR) is 111 cm³/mol. The van der Waals surface area contributed by atoms with Gasteiger partial charge >= 0.3 is 0 Å². The highest BCUT2D eigenvalue weighted by atomic mass is 16.3. The van der Waals surface area contributed by atoms with Gasteiger partial charge in [0, 0.05) is 12.0 Å². The SMILES string of the molecule is CCc1c(-c2ccccc2)cc(Cc2ccccc2)c(O)c1C(C)(C)C. The molecule has 0 spiro atoms. The molecular weight excluding hydrogens is 316 g/mol. The highest BCUT2D eigenvalue weighted by molar-refractivity contribution is 5.73. The third-order valence-corrected chi connectivity index (χ3v) is 4.91. The van der Waals surface area contributed by atoms with Gasteiger partial charge in [0.15, 0.2) is 0 Å². The van der Waals surface area contributed by atoms with E-state index in [0.717, 1.165) is 24.0 Å². The molecule has 0 saturated carbocycles. The fraction of sp³-hybridized carbons (Fsp3) is 0.280. The van der Waals surface area contributed by atoms with E-state index in [0.29, 0.717) is 5.75 Å². The zero-order valence-electron chi connectivity index (χ0n) is 16.2. The lowest BCUT2D eigenvalue weighted by Gasteiger charge is -2.28. The summed E-state index contributed by atoms with van der Waals surface area (Å²) in [6.45, 7) is 8.72. The standard InChI is InChI=1S/C25H28O/c1-5-21-22(19-14-10-7-11-15-19)17-20(16-18-12-8-6-9-13-18)24(26)23(21)25(2,3)4/h6-15,17,26H,5,16H2,1-4H3. The van der Waals surface area contributed by atoms with Crippen molar-refractivity contribution in [3.8, 4) is 16.9 Å². The number of phenolic OH excluding ortho intramolecular Hbond substituents is 1. The molecule has 0 aliphatic heterocycles. The Kier molecular flexibility index (Phi) is 5.18. The minimum absolute atomic E-state index is 0.119. The van der Waals surface area contributed by atoms with Crippen molar-refractivity contribution in [2.45, 2.75) is 46.0 Å². The van der Waals surface area contributed by atoms with E-state index >= 15 is 0 Å². The van der Waals surface area contributed by atoms with Crippen molar-refractivity contribution >= 4 is 0 Å². The fourth-order valence-corrected chi connectivity index (χ4v) is 3.77. The van der Waals surface area contributed by atoms with Crippen molar-refractivity contribution in [2.24, 2.45) is 0 Å². The van der Waals surface area contributed by atoms with E-state index in [1.54, 1.807) is 0 Å². The minimum atomic E-state index is -0.119. The lowest BCUT2D eigenvalue weighted by atomic mass is 9.77. The van der Waals surface area contributed by atoms with E-state index in [-0.39, 0.29) is 5.41 Å². The van der Waals surface area contributed by atoms with Crippen molar-refractivity contribution < 1.29 is 5.11 Å². The molecule has 0 heterocycles. The van der Waals surface area contributed by atoms with E-state index in [2.05, 4.69) is 82.3 Å². The maximum absolute atomic E-state index is 11.2. The Morgan fingerprint density at radius 1 is 0.846 bits per heavy atom. The van der Waals surface area contributed by atoms with Gasteiger partial charge in [-0.3, -0.25) is 0 Å². The number of hydrogen-bond acceptors (Lipinski definition) is 1. The molecule has 0 bridgehead atoms. The van der Waals surface area contributed by atoms with Crippen LogP contribution in [0, 0.1) is 0 Å². The number of rotatable bonds is 4. The molecule has 0 fully saturated rings. The number of phenols is 1. The molecule has 0 atom stereocenters. The van der Waals surface area contributed by atoms with Crippen LogP contribution in [-0.4, -0.2) is 5.11 Å². The quantitative estimate of drug-likeness (QED) is 0.572. The van der Waals surface area contributed by atoms with Crippen LogP contribution in [0.1, 0.15) is 49.9 Å². The van der Waals surface area contributed by atoms with E-state index in [9.17, 15) is 5.11 Å². The van der Waals surface area contributed by atoms with E-state index in [4.69, 9.17) is 0 Å². The molecule has 0 aliphatic rings. The summed E-state index contributed by atoms with van der Waals surface area (Å²) in [5, 5.41) is 11.2. The Morgan fingerprint density at radius 2 is 1.42 bits per heavy atom. The molecule has 3 aromatic rings. The molecule has 0 aromatic heterocycles. The lowest BCUT2D eigenvalue weighted by Crippen LogP contribution is -2.16. The second-order valence-corrected chi connectivity index (χ2v) is 7.92. The summed E-state index contributed by atoms with van der Waals surface area (Å²) in [6.07, 6.45) is 1.63. The molecule has 0 aliphatic carbocycles. The van der Waals surface area contributed by atoms with E-state index < -0.39 is 0 Å². The van der Waals surface area contributed by atoms with Gasteiger partial charge in [0.1, 0.15) is 5.75 Å². The molecule has 26 heavy (non-hydrogen) atoms. The zero-order valence-corrected chi connectivity index (χ0v) is 16.2. The topological polar surface area (TPSA) is 20.2 Å². The Balaban J connectivity index is 2.25. The van der Waals surface area contributed by atoms with Gasteiger partial charge in [-0.1, -0.05) is 88.4 Å². The van der Waals surface area contributed by atoms with Crippen LogP contribution in [0.5, 0.6) is 5.75 Å².